The number of aromatic nitrogens is 2. The quantitative estimate of drug-likeness (QED) is 0.146. The lowest BCUT2D eigenvalue weighted by atomic mass is 9.96. The van der Waals surface area contributed by atoms with Crippen molar-refractivity contribution in [3.63, 3.8) is 0 Å². The van der Waals surface area contributed by atoms with Crippen LogP contribution in [0.25, 0.3) is 66.1 Å². The molecular weight excluding hydrogens is 745 g/mol. The van der Waals surface area contributed by atoms with E-state index in [-0.39, 0.29) is 0 Å². The molecule has 0 amide bonds. The molecule has 3 heterocycles. The van der Waals surface area contributed by atoms with Gasteiger partial charge >= 0.3 is 0 Å². The Hall–Kier alpha value is -8.28. The average Bonchev–Trinajstić information content (AvgIpc) is 3.75. The normalized spacial score (nSPS) is 11.3. The summed E-state index contributed by atoms with van der Waals surface area (Å²) in [4.78, 5) is 13.3. The standard InChI is InChI=1S/C56H38N4O/c1-3-14-45(15-4-1)59(47-26-19-39(20-27-47)43-12-9-35-57-37-43)48-30-23-42(24-31-48)50-33-34-53(56-54(50)52-32-25-41-11-7-8-18-51(41)55(52)61-56)60(46-16-5-2-6-17-46)49-28-21-40(22-29-49)44-13-10-36-58-38-44/h1-38H. The Bertz CT molecular complexity index is 3260. The second kappa shape index (κ2) is 15.5. The highest BCUT2D eigenvalue weighted by molar-refractivity contribution is 6.21. The monoisotopic (exact) mass is 782 g/mol. The Morgan fingerprint density at radius 1 is 0.328 bits per heavy atom. The Morgan fingerprint density at radius 2 is 0.836 bits per heavy atom. The van der Waals surface area contributed by atoms with Crippen LogP contribution in [0.1, 0.15) is 0 Å². The topological polar surface area (TPSA) is 45.4 Å². The molecule has 0 spiro atoms. The highest BCUT2D eigenvalue weighted by atomic mass is 16.3. The Labute approximate surface area is 354 Å². The molecule has 0 bridgehead atoms. The molecule has 0 saturated carbocycles. The van der Waals surface area contributed by atoms with Crippen molar-refractivity contribution in [3.8, 4) is 33.4 Å². The summed E-state index contributed by atoms with van der Waals surface area (Å²) in [6.07, 6.45) is 7.41. The van der Waals surface area contributed by atoms with E-state index < -0.39 is 0 Å². The molecule has 5 heteroatoms. The molecule has 0 radical (unpaired) electrons. The van der Waals surface area contributed by atoms with E-state index in [4.69, 9.17) is 4.42 Å². The van der Waals surface area contributed by atoms with Crippen molar-refractivity contribution in [1.29, 1.82) is 0 Å². The second-order valence-electron chi connectivity index (χ2n) is 15.1. The number of pyridine rings is 2. The Kier molecular flexibility index (Phi) is 9.10. The number of rotatable bonds is 9. The van der Waals surface area contributed by atoms with Gasteiger partial charge in [-0.25, -0.2) is 0 Å². The number of hydrogen-bond donors (Lipinski definition) is 0. The van der Waals surface area contributed by atoms with E-state index in [1.54, 1.807) is 12.4 Å². The molecule has 0 aliphatic heterocycles. The van der Waals surface area contributed by atoms with Gasteiger partial charge in [0.1, 0.15) is 5.58 Å². The number of fused-ring (bicyclic) bond motifs is 5. The average molecular weight is 783 g/mol. The molecule has 0 aliphatic carbocycles. The van der Waals surface area contributed by atoms with Crippen LogP contribution in [-0.2, 0) is 0 Å². The number of furan rings is 1. The second-order valence-corrected chi connectivity index (χ2v) is 15.1. The van der Waals surface area contributed by atoms with E-state index in [9.17, 15) is 0 Å². The van der Waals surface area contributed by atoms with Crippen molar-refractivity contribution < 1.29 is 4.42 Å². The summed E-state index contributed by atoms with van der Waals surface area (Å²) < 4.78 is 7.13. The first-order valence-corrected chi connectivity index (χ1v) is 20.5. The summed E-state index contributed by atoms with van der Waals surface area (Å²) in [5.41, 5.74) is 14.5. The van der Waals surface area contributed by atoms with Crippen LogP contribution in [0.5, 0.6) is 0 Å². The molecule has 61 heavy (non-hydrogen) atoms. The van der Waals surface area contributed by atoms with Crippen LogP contribution < -0.4 is 9.80 Å². The van der Waals surface area contributed by atoms with E-state index in [0.717, 1.165) is 100 Å². The minimum absolute atomic E-state index is 0.827. The summed E-state index contributed by atoms with van der Waals surface area (Å²) in [6, 6.07) is 72.8. The van der Waals surface area contributed by atoms with Crippen LogP contribution in [-0.4, -0.2) is 9.97 Å². The summed E-state index contributed by atoms with van der Waals surface area (Å²) in [6.45, 7) is 0. The van der Waals surface area contributed by atoms with Crippen LogP contribution in [0, 0.1) is 0 Å². The molecule has 288 valence electrons. The SMILES string of the molecule is c1ccc(N(c2ccc(-c3cccnc3)cc2)c2ccc(-c3ccc(N(c4ccccc4)c4ccc(-c5cccnc5)cc4)c4oc5c6ccccc6ccc5c34)cc2)cc1. The minimum Gasteiger partial charge on any atom is -0.453 e. The van der Waals surface area contributed by atoms with Crippen molar-refractivity contribution in [2.75, 3.05) is 9.80 Å². The maximum atomic E-state index is 7.13. The van der Waals surface area contributed by atoms with Gasteiger partial charge in [-0.1, -0.05) is 121 Å². The maximum absolute atomic E-state index is 7.13. The van der Waals surface area contributed by atoms with Gasteiger partial charge in [0.25, 0.3) is 0 Å². The molecule has 11 aromatic rings. The molecule has 0 unspecified atom stereocenters. The first-order valence-electron chi connectivity index (χ1n) is 20.5. The van der Waals surface area contributed by atoms with Crippen LogP contribution in [0.2, 0.25) is 0 Å². The molecule has 0 fully saturated rings. The minimum atomic E-state index is 0.827. The van der Waals surface area contributed by atoms with Gasteiger partial charge in [0.15, 0.2) is 5.58 Å². The number of benzene rings is 8. The highest BCUT2D eigenvalue weighted by Gasteiger charge is 2.23. The zero-order valence-electron chi connectivity index (χ0n) is 33.1. The maximum Gasteiger partial charge on any atom is 0.160 e. The molecule has 0 aliphatic rings. The molecule has 0 saturated heterocycles. The van der Waals surface area contributed by atoms with Gasteiger partial charge < -0.3 is 14.2 Å². The molecule has 11 rings (SSSR count). The molecule has 0 atom stereocenters. The van der Waals surface area contributed by atoms with Gasteiger partial charge in [-0.05, 0) is 124 Å². The summed E-state index contributed by atoms with van der Waals surface area (Å²) in [7, 11) is 0. The molecular formula is C56H38N4O. The van der Waals surface area contributed by atoms with Crippen LogP contribution in [0.4, 0.5) is 34.1 Å². The highest BCUT2D eigenvalue weighted by Crippen LogP contribution is 2.47. The van der Waals surface area contributed by atoms with Gasteiger partial charge in [0.2, 0.25) is 0 Å². The Morgan fingerprint density at radius 3 is 1.41 bits per heavy atom. The van der Waals surface area contributed by atoms with Crippen molar-refractivity contribution >= 4 is 66.8 Å². The zero-order chi connectivity index (χ0) is 40.5. The Balaban J connectivity index is 1.06. The van der Waals surface area contributed by atoms with Crippen molar-refractivity contribution in [1.82, 2.24) is 9.97 Å². The third kappa shape index (κ3) is 6.64. The molecule has 3 aromatic heterocycles. The van der Waals surface area contributed by atoms with E-state index in [1.807, 2.05) is 24.5 Å². The van der Waals surface area contributed by atoms with Crippen LogP contribution in [0.15, 0.2) is 235 Å². The van der Waals surface area contributed by atoms with Gasteiger partial charge in [-0.3, -0.25) is 9.97 Å². The molecule has 8 aromatic carbocycles. The third-order valence-electron chi connectivity index (χ3n) is 11.4. The van der Waals surface area contributed by atoms with Crippen molar-refractivity contribution in [2.45, 2.75) is 0 Å². The fraction of sp³-hybridized carbons (Fsp3) is 0. The van der Waals surface area contributed by atoms with Gasteiger partial charge in [-0.2, -0.15) is 0 Å². The predicted octanol–water partition coefficient (Wildman–Crippen LogP) is 15.5. The smallest absolute Gasteiger partial charge is 0.160 e. The summed E-state index contributed by atoms with van der Waals surface area (Å²) in [5, 5.41) is 4.38. The van der Waals surface area contributed by atoms with Gasteiger partial charge in [0, 0.05) is 69.4 Å². The fourth-order valence-corrected chi connectivity index (χ4v) is 8.50. The molecule has 5 nitrogen and oxygen atoms in total. The number of para-hydroxylation sites is 2. The lowest BCUT2D eigenvalue weighted by Crippen LogP contribution is -2.10. The van der Waals surface area contributed by atoms with Crippen LogP contribution in [0.3, 0.4) is 0 Å². The summed E-state index contributed by atoms with van der Waals surface area (Å²) >= 11 is 0. The van der Waals surface area contributed by atoms with Crippen molar-refractivity contribution in [2.24, 2.45) is 0 Å². The van der Waals surface area contributed by atoms with Gasteiger partial charge in [-0.15, -0.1) is 0 Å². The van der Waals surface area contributed by atoms with E-state index in [0.29, 0.717) is 0 Å². The first kappa shape index (κ1) is 35.8. The first-order chi connectivity index (χ1) is 30.3. The van der Waals surface area contributed by atoms with Crippen molar-refractivity contribution in [3.05, 3.63) is 231 Å². The van der Waals surface area contributed by atoms with E-state index in [1.165, 1.54) is 0 Å². The number of anilines is 6. The van der Waals surface area contributed by atoms with Crippen LogP contribution >= 0.6 is 0 Å². The lowest BCUT2D eigenvalue weighted by Gasteiger charge is -2.26. The van der Waals surface area contributed by atoms with Gasteiger partial charge in [0.05, 0.1) is 5.69 Å². The molecule has 0 N–H and O–H groups in total. The number of nitrogens with zero attached hydrogens (tertiary/aromatic N) is 4. The fourth-order valence-electron chi connectivity index (χ4n) is 8.50. The number of hydrogen-bond acceptors (Lipinski definition) is 5. The summed E-state index contributed by atoms with van der Waals surface area (Å²) in [5.74, 6) is 0. The zero-order valence-corrected chi connectivity index (χ0v) is 33.1. The third-order valence-corrected chi connectivity index (χ3v) is 11.4. The lowest BCUT2D eigenvalue weighted by molar-refractivity contribution is 0.673. The van der Waals surface area contributed by atoms with E-state index in [2.05, 4.69) is 214 Å². The predicted molar refractivity (Wildman–Crippen MR) is 252 cm³/mol. The largest absolute Gasteiger partial charge is 0.453 e. The van der Waals surface area contributed by atoms with E-state index >= 15 is 0 Å².